The maximum Gasteiger partial charge on any atom is 0.228 e. The van der Waals surface area contributed by atoms with Gasteiger partial charge in [0.15, 0.2) is 0 Å². The van der Waals surface area contributed by atoms with E-state index in [1.165, 1.54) is 6.92 Å². The molecule has 0 N–H and O–H groups in total. The first-order chi connectivity index (χ1) is 12.3. The van der Waals surface area contributed by atoms with E-state index in [0.29, 0.717) is 18.1 Å². The third-order valence-corrected chi connectivity index (χ3v) is 4.80. The summed E-state index contributed by atoms with van der Waals surface area (Å²) in [6.07, 6.45) is 0.243. The lowest BCUT2D eigenvalue weighted by molar-refractivity contribution is -0.118. The molecular formula is C21H25ClN2O2. The van der Waals surface area contributed by atoms with Crippen molar-refractivity contribution in [2.45, 2.75) is 34.1 Å². The van der Waals surface area contributed by atoms with Crippen LogP contribution in [-0.4, -0.2) is 24.9 Å². The molecule has 0 heterocycles. The first-order valence-electron chi connectivity index (χ1n) is 8.75. The monoisotopic (exact) mass is 372 g/mol. The van der Waals surface area contributed by atoms with Crippen LogP contribution in [0.25, 0.3) is 0 Å². The number of rotatable bonds is 6. The first kappa shape index (κ1) is 20.0. The molecule has 2 rings (SSSR count). The molecule has 26 heavy (non-hydrogen) atoms. The Bertz CT molecular complexity index is 804. The van der Waals surface area contributed by atoms with Gasteiger partial charge < -0.3 is 9.80 Å². The molecule has 0 aliphatic rings. The fraction of sp³-hybridized carbons (Fsp3) is 0.333. The number of nitrogens with zero attached hydrogens (tertiary/aromatic N) is 2. The Morgan fingerprint density at radius 2 is 1.73 bits per heavy atom. The van der Waals surface area contributed by atoms with Crippen molar-refractivity contribution in [1.29, 1.82) is 0 Å². The molecule has 0 bridgehead atoms. The number of halogens is 1. The van der Waals surface area contributed by atoms with E-state index in [1.807, 2.05) is 57.2 Å². The predicted molar refractivity (Wildman–Crippen MR) is 108 cm³/mol. The second-order valence-electron chi connectivity index (χ2n) is 6.28. The van der Waals surface area contributed by atoms with Gasteiger partial charge in [-0.15, -0.1) is 0 Å². The number of amides is 2. The van der Waals surface area contributed by atoms with Gasteiger partial charge in [0.25, 0.3) is 0 Å². The van der Waals surface area contributed by atoms with Gasteiger partial charge in [0, 0.05) is 42.8 Å². The van der Waals surface area contributed by atoms with Crippen LogP contribution in [-0.2, 0) is 9.59 Å². The van der Waals surface area contributed by atoms with Gasteiger partial charge in [-0.2, -0.15) is 0 Å². The predicted octanol–water partition coefficient (Wildman–Crippen LogP) is 4.75. The summed E-state index contributed by atoms with van der Waals surface area (Å²) in [5, 5.41) is 0.607. The number of carbonyl (C=O) groups excluding carboxylic acids is 2. The van der Waals surface area contributed by atoms with Gasteiger partial charge in [0.05, 0.1) is 0 Å². The summed E-state index contributed by atoms with van der Waals surface area (Å²) >= 11 is 6.18. The van der Waals surface area contributed by atoms with E-state index in [4.69, 9.17) is 11.6 Å². The number of anilines is 2. The molecule has 0 radical (unpaired) electrons. The second kappa shape index (κ2) is 8.86. The van der Waals surface area contributed by atoms with E-state index < -0.39 is 0 Å². The Morgan fingerprint density at radius 1 is 1.04 bits per heavy atom. The zero-order valence-electron chi connectivity index (χ0n) is 15.8. The van der Waals surface area contributed by atoms with Crippen LogP contribution in [0.3, 0.4) is 0 Å². The van der Waals surface area contributed by atoms with Crippen LogP contribution in [0.15, 0.2) is 42.5 Å². The summed E-state index contributed by atoms with van der Waals surface area (Å²) in [6.45, 7) is 8.23. The molecule has 0 saturated heterocycles. The van der Waals surface area contributed by atoms with Crippen LogP contribution in [0.5, 0.6) is 0 Å². The number of hydrogen-bond acceptors (Lipinski definition) is 2. The van der Waals surface area contributed by atoms with Crippen LogP contribution in [0, 0.1) is 13.8 Å². The molecule has 4 nitrogen and oxygen atoms in total. The summed E-state index contributed by atoms with van der Waals surface area (Å²) in [7, 11) is 0. The molecule has 0 unspecified atom stereocenters. The van der Waals surface area contributed by atoms with E-state index in [-0.39, 0.29) is 18.2 Å². The maximum atomic E-state index is 12.8. The van der Waals surface area contributed by atoms with Crippen molar-refractivity contribution >= 4 is 34.8 Å². The normalized spacial score (nSPS) is 10.5. The highest BCUT2D eigenvalue weighted by Gasteiger charge is 2.19. The SMILES string of the molecule is CCN(C(=O)CCN(C(C)=O)c1cccc(Cl)c1C)c1cccc(C)c1. The van der Waals surface area contributed by atoms with E-state index in [1.54, 1.807) is 15.9 Å². The molecule has 0 spiro atoms. The fourth-order valence-electron chi connectivity index (χ4n) is 2.98. The van der Waals surface area contributed by atoms with Crippen molar-refractivity contribution in [2.75, 3.05) is 22.9 Å². The van der Waals surface area contributed by atoms with Crippen molar-refractivity contribution in [3.05, 3.63) is 58.6 Å². The van der Waals surface area contributed by atoms with Gasteiger partial charge in [-0.1, -0.05) is 29.8 Å². The molecule has 0 saturated carbocycles. The lowest BCUT2D eigenvalue weighted by Crippen LogP contribution is -2.36. The molecule has 0 atom stereocenters. The molecular weight excluding hydrogens is 348 g/mol. The smallest absolute Gasteiger partial charge is 0.228 e. The van der Waals surface area contributed by atoms with E-state index in [0.717, 1.165) is 22.5 Å². The van der Waals surface area contributed by atoms with Gasteiger partial charge in [-0.3, -0.25) is 9.59 Å². The lowest BCUT2D eigenvalue weighted by atomic mass is 10.1. The van der Waals surface area contributed by atoms with E-state index >= 15 is 0 Å². The highest BCUT2D eigenvalue weighted by atomic mass is 35.5. The average molecular weight is 373 g/mol. The lowest BCUT2D eigenvalue weighted by Gasteiger charge is -2.26. The number of hydrogen-bond donors (Lipinski definition) is 0. The summed E-state index contributed by atoms with van der Waals surface area (Å²) < 4.78 is 0. The molecule has 2 amide bonds. The van der Waals surface area contributed by atoms with Crippen molar-refractivity contribution in [1.82, 2.24) is 0 Å². The third-order valence-electron chi connectivity index (χ3n) is 4.39. The summed E-state index contributed by atoms with van der Waals surface area (Å²) in [5.74, 6) is -0.120. The summed E-state index contributed by atoms with van der Waals surface area (Å²) in [4.78, 5) is 28.3. The topological polar surface area (TPSA) is 40.6 Å². The van der Waals surface area contributed by atoms with Crippen LogP contribution in [0.1, 0.15) is 31.4 Å². The minimum Gasteiger partial charge on any atom is -0.313 e. The number of benzene rings is 2. The molecule has 0 fully saturated rings. The van der Waals surface area contributed by atoms with Gasteiger partial charge >= 0.3 is 0 Å². The quantitative estimate of drug-likeness (QED) is 0.733. The molecule has 0 aliphatic carbocycles. The highest BCUT2D eigenvalue weighted by Crippen LogP contribution is 2.27. The number of aryl methyl sites for hydroxylation is 1. The highest BCUT2D eigenvalue weighted by molar-refractivity contribution is 6.31. The fourth-order valence-corrected chi connectivity index (χ4v) is 3.15. The maximum absolute atomic E-state index is 12.8. The molecule has 138 valence electrons. The van der Waals surface area contributed by atoms with E-state index in [9.17, 15) is 9.59 Å². The van der Waals surface area contributed by atoms with Gasteiger partial charge in [0.1, 0.15) is 0 Å². The van der Waals surface area contributed by atoms with Crippen molar-refractivity contribution in [2.24, 2.45) is 0 Å². The van der Waals surface area contributed by atoms with Crippen molar-refractivity contribution in [3.8, 4) is 0 Å². The van der Waals surface area contributed by atoms with Crippen molar-refractivity contribution < 1.29 is 9.59 Å². The Balaban J connectivity index is 2.16. The zero-order chi connectivity index (χ0) is 19.3. The molecule has 0 aromatic heterocycles. The zero-order valence-corrected chi connectivity index (χ0v) is 16.5. The first-order valence-corrected chi connectivity index (χ1v) is 9.13. The van der Waals surface area contributed by atoms with Crippen LogP contribution in [0.4, 0.5) is 11.4 Å². The van der Waals surface area contributed by atoms with E-state index in [2.05, 4.69) is 0 Å². The Hall–Kier alpha value is -2.33. The van der Waals surface area contributed by atoms with Gasteiger partial charge in [0.2, 0.25) is 11.8 Å². The Kier molecular flexibility index (Phi) is 6.81. The van der Waals surface area contributed by atoms with Gasteiger partial charge in [-0.05, 0) is 56.2 Å². The summed E-state index contributed by atoms with van der Waals surface area (Å²) in [6, 6.07) is 13.3. The minimum absolute atomic E-state index is 0.0102. The van der Waals surface area contributed by atoms with Crippen LogP contribution in [0.2, 0.25) is 5.02 Å². The van der Waals surface area contributed by atoms with Gasteiger partial charge in [-0.25, -0.2) is 0 Å². The standard InChI is InChI=1S/C21H25ClN2O2/c1-5-23(18-9-6-8-15(2)14-18)21(26)12-13-24(17(4)25)20-11-7-10-19(22)16(20)3/h6-11,14H,5,12-13H2,1-4H3. The molecule has 5 heteroatoms. The largest absolute Gasteiger partial charge is 0.313 e. The second-order valence-corrected chi connectivity index (χ2v) is 6.69. The molecule has 0 aliphatic heterocycles. The summed E-state index contributed by atoms with van der Waals surface area (Å²) in [5.41, 5.74) is 3.57. The Morgan fingerprint density at radius 3 is 2.35 bits per heavy atom. The van der Waals surface area contributed by atoms with Crippen LogP contribution < -0.4 is 9.80 Å². The minimum atomic E-state index is -0.109. The third kappa shape index (κ3) is 4.64. The average Bonchev–Trinajstić information content (AvgIpc) is 2.59. The van der Waals surface area contributed by atoms with Crippen molar-refractivity contribution in [3.63, 3.8) is 0 Å². The molecule has 2 aromatic carbocycles. The molecule has 2 aromatic rings. The Labute approximate surface area is 160 Å². The van der Waals surface area contributed by atoms with Crippen LogP contribution >= 0.6 is 11.6 Å². The number of carbonyl (C=O) groups is 2.